The zero-order valence-corrected chi connectivity index (χ0v) is 11.1. The topological polar surface area (TPSA) is 72.0 Å². The molecule has 0 saturated heterocycles. The van der Waals surface area contributed by atoms with Crippen LogP contribution in [0.5, 0.6) is 0 Å². The molecule has 0 aromatic carbocycles. The van der Waals surface area contributed by atoms with Gasteiger partial charge in [0.15, 0.2) is 5.82 Å². The van der Waals surface area contributed by atoms with E-state index in [-0.39, 0.29) is 6.54 Å². The maximum absolute atomic E-state index is 13.3. The monoisotopic (exact) mass is 287 g/mol. The van der Waals surface area contributed by atoms with E-state index in [2.05, 4.69) is 14.7 Å². The maximum Gasteiger partial charge on any atom is 0.261 e. The highest BCUT2D eigenvalue weighted by Crippen LogP contribution is 2.13. The van der Waals surface area contributed by atoms with Gasteiger partial charge in [-0.25, -0.2) is 27.5 Å². The second-order valence-electron chi connectivity index (χ2n) is 3.48. The number of halogens is 1. The molecule has 5 nitrogen and oxygen atoms in total. The lowest BCUT2D eigenvalue weighted by Crippen LogP contribution is -2.25. The summed E-state index contributed by atoms with van der Waals surface area (Å²) in [6, 6.07) is 2.38. The van der Waals surface area contributed by atoms with Crippen molar-refractivity contribution < 1.29 is 12.8 Å². The summed E-state index contributed by atoms with van der Waals surface area (Å²) in [4.78, 5) is 8.52. The smallest absolute Gasteiger partial charge is 0.248 e. The second kappa shape index (κ2) is 5.09. The summed E-state index contributed by atoms with van der Waals surface area (Å²) in [6.45, 7) is 1.89. The zero-order valence-electron chi connectivity index (χ0n) is 9.42. The molecule has 0 saturated carbocycles. The van der Waals surface area contributed by atoms with Gasteiger partial charge in [-0.3, -0.25) is 0 Å². The molecule has 18 heavy (non-hydrogen) atoms. The third-order valence-electron chi connectivity index (χ3n) is 2.06. The Labute approximate surface area is 108 Å². The predicted molar refractivity (Wildman–Crippen MR) is 65.1 cm³/mol. The van der Waals surface area contributed by atoms with Gasteiger partial charge in [0, 0.05) is 17.3 Å². The van der Waals surface area contributed by atoms with E-state index in [9.17, 15) is 12.8 Å². The molecule has 2 aromatic rings. The van der Waals surface area contributed by atoms with E-state index in [4.69, 9.17) is 0 Å². The summed E-state index contributed by atoms with van der Waals surface area (Å²) in [6.07, 6.45) is 2.88. The Balaban J connectivity index is 2.16. The summed E-state index contributed by atoms with van der Waals surface area (Å²) < 4.78 is 39.2. The van der Waals surface area contributed by atoms with Crippen LogP contribution in [0.25, 0.3) is 0 Å². The molecule has 2 aromatic heterocycles. The number of rotatable bonds is 4. The van der Waals surface area contributed by atoms with Gasteiger partial charge in [0.25, 0.3) is 10.0 Å². The first-order valence-electron chi connectivity index (χ1n) is 5.00. The van der Waals surface area contributed by atoms with Crippen molar-refractivity contribution in [3.8, 4) is 0 Å². The number of aryl methyl sites for hydroxylation is 1. The molecular weight excluding hydrogens is 277 g/mol. The molecule has 1 N–H and O–H groups in total. The summed E-state index contributed by atoms with van der Waals surface area (Å²) in [5.74, 6) is -0.875. The molecule has 0 aliphatic rings. The molecule has 0 radical (unpaired) electrons. The first-order chi connectivity index (χ1) is 8.49. The predicted octanol–water partition coefficient (Wildman–Crippen LogP) is 1.46. The number of aromatic nitrogens is 2. The van der Waals surface area contributed by atoms with Crippen LogP contribution < -0.4 is 4.72 Å². The van der Waals surface area contributed by atoms with E-state index in [1.54, 1.807) is 6.20 Å². The molecule has 0 amide bonds. The molecule has 96 valence electrons. The Morgan fingerprint density at radius 2 is 2.22 bits per heavy atom. The Morgan fingerprint density at radius 1 is 1.44 bits per heavy atom. The van der Waals surface area contributed by atoms with Crippen LogP contribution in [0.3, 0.4) is 0 Å². The van der Waals surface area contributed by atoms with Crippen LogP contribution >= 0.6 is 11.3 Å². The van der Waals surface area contributed by atoms with Crippen molar-refractivity contribution in [2.24, 2.45) is 0 Å². The third kappa shape index (κ3) is 2.89. The van der Waals surface area contributed by atoms with E-state index in [1.807, 2.05) is 6.92 Å². The van der Waals surface area contributed by atoms with Crippen molar-refractivity contribution >= 4 is 21.4 Å². The van der Waals surface area contributed by atoms with E-state index in [0.717, 1.165) is 10.9 Å². The SMILES string of the molecule is Cc1cnc(CNS(=O)(=O)c2ncccc2F)s1. The molecule has 0 aliphatic carbocycles. The summed E-state index contributed by atoms with van der Waals surface area (Å²) in [5, 5.41) is 0.0192. The first-order valence-corrected chi connectivity index (χ1v) is 7.30. The largest absolute Gasteiger partial charge is 0.261 e. The van der Waals surface area contributed by atoms with Gasteiger partial charge in [0.2, 0.25) is 5.03 Å². The van der Waals surface area contributed by atoms with Crippen LogP contribution in [-0.2, 0) is 16.6 Å². The van der Waals surface area contributed by atoms with Crippen LogP contribution in [0.15, 0.2) is 29.6 Å². The van der Waals surface area contributed by atoms with Crippen LogP contribution in [-0.4, -0.2) is 18.4 Å². The maximum atomic E-state index is 13.3. The normalized spacial score (nSPS) is 11.7. The van der Waals surface area contributed by atoms with Gasteiger partial charge in [-0.05, 0) is 19.1 Å². The van der Waals surface area contributed by atoms with Gasteiger partial charge in [0.1, 0.15) is 5.01 Å². The Kier molecular flexibility index (Phi) is 3.69. The average Bonchev–Trinajstić information content (AvgIpc) is 2.73. The fourth-order valence-electron chi connectivity index (χ4n) is 1.28. The van der Waals surface area contributed by atoms with Gasteiger partial charge in [-0.15, -0.1) is 11.3 Å². The summed E-state index contributed by atoms with van der Waals surface area (Å²) in [5.41, 5.74) is 0. The average molecular weight is 287 g/mol. The van der Waals surface area contributed by atoms with Crippen molar-refractivity contribution in [3.63, 3.8) is 0 Å². The lowest BCUT2D eigenvalue weighted by molar-refractivity contribution is 0.544. The summed E-state index contributed by atoms with van der Waals surface area (Å²) >= 11 is 1.38. The number of nitrogens with zero attached hydrogens (tertiary/aromatic N) is 2. The van der Waals surface area contributed by atoms with E-state index in [1.165, 1.54) is 23.6 Å². The highest BCUT2D eigenvalue weighted by atomic mass is 32.2. The van der Waals surface area contributed by atoms with Gasteiger partial charge in [-0.1, -0.05) is 0 Å². The molecule has 2 rings (SSSR count). The van der Waals surface area contributed by atoms with Crippen LogP contribution in [0.1, 0.15) is 9.88 Å². The van der Waals surface area contributed by atoms with Gasteiger partial charge >= 0.3 is 0 Å². The number of nitrogens with one attached hydrogen (secondary N) is 1. The minimum absolute atomic E-state index is 0.0247. The quantitative estimate of drug-likeness (QED) is 0.924. The number of pyridine rings is 1. The van der Waals surface area contributed by atoms with Crippen molar-refractivity contribution in [1.82, 2.24) is 14.7 Å². The van der Waals surface area contributed by atoms with Crippen molar-refractivity contribution in [3.05, 3.63) is 40.2 Å². The molecule has 8 heteroatoms. The second-order valence-corrected chi connectivity index (χ2v) is 6.48. The minimum Gasteiger partial charge on any atom is -0.248 e. The third-order valence-corrected chi connectivity index (χ3v) is 4.31. The molecule has 0 spiro atoms. The number of hydrogen-bond acceptors (Lipinski definition) is 5. The number of sulfonamides is 1. The molecule has 0 atom stereocenters. The van der Waals surface area contributed by atoms with Crippen molar-refractivity contribution in [2.45, 2.75) is 18.5 Å². The lowest BCUT2D eigenvalue weighted by atomic mass is 10.5. The van der Waals surface area contributed by atoms with Crippen LogP contribution in [0.4, 0.5) is 4.39 Å². The van der Waals surface area contributed by atoms with Gasteiger partial charge in [0.05, 0.1) is 6.54 Å². The number of hydrogen-bond donors (Lipinski definition) is 1. The van der Waals surface area contributed by atoms with Crippen molar-refractivity contribution in [1.29, 1.82) is 0 Å². The molecule has 0 unspecified atom stereocenters. The highest BCUT2D eigenvalue weighted by molar-refractivity contribution is 7.89. The molecule has 0 fully saturated rings. The highest BCUT2D eigenvalue weighted by Gasteiger charge is 2.20. The van der Waals surface area contributed by atoms with Crippen molar-refractivity contribution in [2.75, 3.05) is 0 Å². The van der Waals surface area contributed by atoms with E-state index < -0.39 is 20.9 Å². The fourth-order valence-corrected chi connectivity index (χ4v) is 3.08. The number of thiazole rings is 1. The standard InChI is InChI=1S/C10H10FN3O2S2/c1-7-5-13-9(17-7)6-14-18(15,16)10-8(11)3-2-4-12-10/h2-5,14H,6H2,1H3. The molecule has 0 bridgehead atoms. The Morgan fingerprint density at radius 3 is 2.83 bits per heavy atom. The summed E-state index contributed by atoms with van der Waals surface area (Å²) in [7, 11) is -3.95. The zero-order chi connectivity index (χ0) is 13.2. The first kappa shape index (κ1) is 13.1. The van der Waals surface area contributed by atoms with Crippen LogP contribution in [0, 0.1) is 12.7 Å². The lowest BCUT2D eigenvalue weighted by Gasteiger charge is -2.04. The fraction of sp³-hybridized carbons (Fsp3) is 0.200. The minimum atomic E-state index is -3.95. The molecule has 0 aliphatic heterocycles. The van der Waals surface area contributed by atoms with E-state index >= 15 is 0 Å². The molecular formula is C10H10FN3O2S2. The molecule has 2 heterocycles. The Bertz CT molecular complexity index is 655. The Hall–Kier alpha value is -1.38. The van der Waals surface area contributed by atoms with Gasteiger partial charge < -0.3 is 0 Å². The van der Waals surface area contributed by atoms with Gasteiger partial charge in [-0.2, -0.15) is 0 Å². The van der Waals surface area contributed by atoms with E-state index in [0.29, 0.717) is 5.01 Å². The van der Waals surface area contributed by atoms with Crippen LogP contribution in [0.2, 0.25) is 0 Å².